The Labute approximate surface area is 110 Å². The molecule has 0 radical (unpaired) electrons. The van der Waals surface area contributed by atoms with E-state index in [1.165, 1.54) is 0 Å². The molecular weight excluding hydrogens is 226 g/mol. The Morgan fingerprint density at radius 2 is 2.06 bits per heavy atom. The van der Waals surface area contributed by atoms with Crippen LogP contribution in [0.25, 0.3) is 0 Å². The molecule has 0 aliphatic carbocycles. The highest BCUT2D eigenvalue weighted by Gasteiger charge is 2.04. The van der Waals surface area contributed by atoms with Crippen LogP contribution in [0.5, 0.6) is 5.88 Å². The third-order valence-electron chi connectivity index (χ3n) is 2.57. The van der Waals surface area contributed by atoms with Gasteiger partial charge in [-0.05, 0) is 18.8 Å². The van der Waals surface area contributed by atoms with Gasteiger partial charge in [0.15, 0.2) is 0 Å². The molecule has 0 saturated carbocycles. The lowest BCUT2D eigenvalue weighted by atomic mass is 10.1. The molecule has 0 amide bonds. The highest BCUT2D eigenvalue weighted by Crippen LogP contribution is 2.15. The summed E-state index contributed by atoms with van der Waals surface area (Å²) >= 11 is 0. The first-order valence-electron chi connectivity index (χ1n) is 6.90. The summed E-state index contributed by atoms with van der Waals surface area (Å²) in [5.74, 6) is 3.02. The summed E-state index contributed by atoms with van der Waals surface area (Å²) in [5.41, 5.74) is 0. The molecule has 1 heterocycles. The number of hydrogen-bond donors (Lipinski definition) is 1. The normalized spacial score (nSPS) is 10.7. The Morgan fingerprint density at radius 1 is 1.28 bits per heavy atom. The van der Waals surface area contributed by atoms with Crippen LogP contribution < -0.4 is 10.1 Å². The third-order valence-corrected chi connectivity index (χ3v) is 2.57. The zero-order valence-corrected chi connectivity index (χ0v) is 12.0. The molecule has 18 heavy (non-hydrogen) atoms. The highest BCUT2D eigenvalue weighted by atomic mass is 16.5. The van der Waals surface area contributed by atoms with Crippen molar-refractivity contribution in [2.45, 2.75) is 47.0 Å². The topological polar surface area (TPSA) is 47.0 Å². The number of nitrogens with one attached hydrogen (secondary N) is 1. The largest absolute Gasteiger partial charge is 0.478 e. The Kier molecular flexibility index (Phi) is 6.47. The summed E-state index contributed by atoms with van der Waals surface area (Å²) in [4.78, 5) is 8.81. The molecular formula is C14H25N3O. The lowest BCUT2D eigenvalue weighted by molar-refractivity contribution is 0.278. The second kappa shape index (κ2) is 7.90. The van der Waals surface area contributed by atoms with Gasteiger partial charge >= 0.3 is 0 Å². The van der Waals surface area contributed by atoms with Gasteiger partial charge in [-0.3, -0.25) is 0 Å². The standard InChI is InChI=1S/C14H25N3O/c1-5-8-15-13-10-14(17-12(6-2)16-13)18-9-7-11(3)4/h10-11H,5-9H2,1-4H3,(H,15,16,17). The predicted octanol–water partition coefficient (Wildman–Crippen LogP) is 3.29. The summed E-state index contributed by atoms with van der Waals surface area (Å²) < 4.78 is 5.69. The molecule has 102 valence electrons. The third kappa shape index (κ3) is 5.34. The minimum Gasteiger partial charge on any atom is -0.478 e. The van der Waals surface area contributed by atoms with Gasteiger partial charge in [0, 0.05) is 19.0 Å². The van der Waals surface area contributed by atoms with Crippen LogP contribution in [0.3, 0.4) is 0 Å². The first-order chi connectivity index (χ1) is 8.65. The van der Waals surface area contributed by atoms with Crippen LogP contribution in [-0.2, 0) is 6.42 Å². The molecule has 0 aromatic carbocycles. The average molecular weight is 251 g/mol. The van der Waals surface area contributed by atoms with Crippen LogP contribution in [0.2, 0.25) is 0 Å². The van der Waals surface area contributed by atoms with Crippen LogP contribution in [0, 0.1) is 5.92 Å². The van der Waals surface area contributed by atoms with Crippen LogP contribution in [0.4, 0.5) is 5.82 Å². The fourth-order valence-electron chi connectivity index (χ4n) is 1.45. The second-order valence-electron chi connectivity index (χ2n) is 4.82. The van der Waals surface area contributed by atoms with E-state index in [-0.39, 0.29) is 0 Å². The van der Waals surface area contributed by atoms with Crippen molar-refractivity contribution >= 4 is 5.82 Å². The smallest absolute Gasteiger partial charge is 0.218 e. The van der Waals surface area contributed by atoms with Gasteiger partial charge in [0.2, 0.25) is 5.88 Å². The molecule has 0 bridgehead atoms. The first-order valence-corrected chi connectivity index (χ1v) is 6.90. The average Bonchev–Trinajstić information content (AvgIpc) is 2.35. The van der Waals surface area contributed by atoms with Crippen molar-refractivity contribution in [1.29, 1.82) is 0 Å². The van der Waals surface area contributed by atoms with E-state index in [1.54, 1.807) is 0 Å². The maximum atomic E-state index is 5.69. The molecule has 1 N–H and O–H groups in total. The highest BCUT2D eigenvalue weighted by molar-refractivity contribution is 5.38. The Bertz CT molecular complexity index is 353. The minimum atomic E-state index is 0.648. The van der Waals surface area contributed by atoms with Crippen LogP contribution >= 0.6 is 0 Å². The van der Waals surface area contributed by atoms with E-state index in [9.17, 15) is 0 Å². The lowest BCUT2D eigenvalue weighted by Crippen LogP contribution is -2.08. The maximum absolute atomic E-state index is 5.69. The van der Waals surface area contributed by atoms with Crippen molar-refractivity contribution in [2.75, 3.05) is 18.5 Å². The molecule has 0 atom stereocenters. The van der Waals surface area contributed by atoms with Gasteiger partial charge in [0.1, 0.15) is 11.6 Å². The van der Waals surface area contributed by atoms with Gasteiger partial charge in [-0.2, -0.15) is 4.98 Å². The predicted molar refractivity (Wildman–Crippen MR) is 75.1 cm³/mol. The number of hydrogen-bond acceptors (Lipinski definition) is 4. The number of anilines is 1. The van der Waals surface area contributed by atoms with Crippen LogP contribution in [0.1, 0.15) is 46.4 Å². The minimum absolute atomic E-state index is 0.648. The van der Waals surface area contributed by atoms with Gasteiger partial charge in [-0.1, -0.05) is 27.7 Å². The molecule has 0 spiro atoms. The summed E-state index contributed by atoms with van der Waals surface area (Å²) in [6, 6.07) is 1.88. The zero-order chi connectivity index (χ0) is 13.4. The van der Waals surface area contributed by atoms with Gasteiger partial charge in [0.05, 0.1) is 6.61 Å². The quantitative estimate of drug-likeness (QED) is 0.770. The summed E-state index contributed by atoms with van der Waals surface area (Å²) in [7, 11) is 0. The van der Waals surface area contributed by atoms with Gasteiger partial charge in [0.25, 0.3) is 0 Å². The Balaban J connectivity index is 2.64. The van der Waals surface area contributed by atoms with Gasteiger partial charge in [-0.25, -0.2) is 4.98 Å². The summed E-state index contributed by atoms with van der Waals surface area (Å²) in [6.07, 6.45) is 2.94. The lowest BCUT2D eigenvalue weighted by Gasteiger charge is -2.10. The second-order valence-corrected chi connectivity index (χ2v) is 4.82. The van der Waals surface area contributed by atoms with E-state index < -0.39 is 0 Å². The van der Waals surface area contributed by atoms with E-state index >= 15 is 0 Å². The first kappa shape index (κ1) is 14.7. The van der Waals surface area contributed by atoms with Crippen molar-refractivity contribution in [3.8, 4) is 5.88 Å². The molecule has 4 nitrogen and oxygen atoms in total. The van der Waals surface area contributed by atoms with E-state index in [0.717, 1.165) is 37.4 Å². The Hall–Kier alpha value is -1.32. The van der Waals surface area contributed by atoms with Crippen molar-refractivity contribution in [3.63, 3.8) is 0 Å². The molecule has 1 rings (SSSR count). The number of nitrogens with zero attached hydrogens (tertiary/aromatic N) is 2. The monoisotopic (exact) mass is 251 g/mol. The van der Waals surface area contributed by atoms with Gasteiger partial charge in [-0.15, -0.1) is 0 Å². The molecule has 0 fully saturated rings. The Morgan fingerprint density at radius 3 is 2.67 bits per heavy atom. The van der Waals surface area contributed by atoms with Gasteiger partial charge < -0.3 is 10.1 Å². The molecule has 1 aromatic rings. The maximum Gasteiger partial charge on any atom is 0.218 e. The molecule has 4 heteroatoms. The van der Waals surface area contributed by atoms with Crippen LogP contribution in [0.15, 0.2) is 6.07 Å². The van der Waals surface area contributed by atoms with Crippen molar-refractivity contribution in [3.05, 3.63) is 11.9 Å². The number of aromatic nitrogens is 2. The van der Waals surface area contributed by atoms with E-state index in [4.69, 9.17) is 4.74 Å². The fraction of sp³-hybridized carbons (Fsp3) is 0.714. The number of rotatable bonds is 8. The van der Waals surface area contributed by atoms with E-state index in [2.05, 4.69) is 43.0 Å². The van der Waals surface area contributed by atoms with E-state index in [1.807, 2.05) is 6.07 Å². The number of aryl methyl sites for hydroxylation is 1. The summed E-state index contributed by atoms with van der Waals surface area (Å²) in [5, 5.41) is 3.28. The summed E-state index contributed by atoms with van der Waals surface area (Å²) in [6.45, 7) is 10.2. The molecule has 0 aliphatic rings. The molecule has 0 unspecified atom stereocenters. The fourth-order valence-corrected chi connectivity index (χ4v) is 1.45. The molecule has 1 aromatic heterocycles. The van der Waals surface area contributed by atoms with E-state index in [0.29, 0.717) is 18.4 Å². The molecule has 0 saturated heterocycles. The SMILES string of the molecule is CCCNc1cc(OCCC(C)C)nc(CC)n1. The molecule has 0 aliphatic heterocycles. The zero-order valence-electron chi connectivity index (χ0n) is 12.0. The van der Waals surface area contributed by atoms with Crippen LogP contribution in [-0.4, -0.2) is 23.1 Å². The van der Waals surface area contributed by atoms with Crippen molar-refractivity contribution in [1.82, 2.24) is 9.97 Å². The van der Waals surface area contributed by atoms with Crippen molar-refractivity contribution in [2.24, 2.45) is 5.92 Å². The number of ether oxygens (including phenoxy) is 1. The van der Waals surface area contributed by atoms with Crippen molar-refractivity contribution < 1.29 is 4.74 Å².